The fraction of sp³-hybridized carbons (Fsp3) is 0.500. The van der Waals surface area contributed by atoms with Crippen LogP contribution in [0.2, 0.25) is 0 Å². The number of carbonyl (C=O) groups excluding carboxylic acids is 1. The molecule has 18 heavy (non-hydrogen) atoms. The third kappa shape index (κ3) is 1.90. The topological polar surface area (TPSA) is 46.3 Å². The first-order valence-electron chi connectivity index (χ1n) is 6.45. The van der Waals surface area contributed by atoms with Crippen LogP contribution >= 0.6 is 0 Å². The van der Waals surface area contributed by atoms with Crippen LogP contribution in [0.25, 0.3) is 0 Å². The lowest BCUT2D eigenvalue weighted by Crippen LogP contribution is -2.50. The summed E-state index contributed by atoms with van der Waals surface area (Å²) >= 11 is 0. The van der Waals surface area contributed by atoms with Gasteiger partial charge in [0.15, 0.2) is 0 Å². The third-order valence-corrected chi connectivity index (χ3v) is 4.10. The van der Waals surface area contributed by atoms with Crippen molar-refractivity contribution in [3.05, 3.63) is 29.6 Å². The van der Waals surface area contributed by atoms with E-state index in [1.165, 1.54) is 12.1 Å². The van der Waals surface area contributed by atoms with Gasteiger partial charge in [-0.05, 0) is 43.4 Å². The Hall–Kier alpha value is -1.42. The van der Waals surface area contributed by atoms with E-state index in [1.807, 2.05) is 0 Å². The molecule has 0 bridgehead atoms. The lowest BCUT2D eigenvalue weighted by Gasteiger charge is -2.38. The summed E-state index contributed by atoms with van der Waals surface area (Å²) in [5, 5.41) is 0. The van der Waals surface area contributed by atoms with Gasteiger partial charge in [0.2, 0.25) is 5.91 Å². The zero-order chi connectivity index (χ0) is 12.8. The molecule has 0 atom stereocenters. The van der Waals surface area contributed by atoms with Crippen LogP contribution in [0.3, 0.4) is 0 Å². The zero-order valence-corrected chi connectivity index (χ0v) is 10.3. The van der Waals surface area contributed by atoms with Crippen LogP contribution in [0.5, 0.6) is 0 Å². The van der Waals surface area contributed by atoms with Crippen molar-refractivity contribution in [2.45, 2.75) is 37.6 Å². The van der Waals surface area contributed by atoms with Crippen molar-refractivity contribution in [2.75, 3.05) is 11.4 Å². The van der Waals surface area contributed by atoms with Crippen LogP contribution in [0.4, 0.5) is 10.1 Å². The molecule has 1 aromatic carbocycles. The predicted molar refractivity (Wildman–Crippen MR) is 67.8 cm³/mol. The molecule has 0 radical (unpaired) electrons. The Bertz CT molecular complexity index is 497. The van der Waals surface area contributed by atoms with E-state index in [-0.39, 0.29) is 17.3 Å². The third-order valence-electron chi connectivity index (χ3n) is 4.10. The van der Waals surface area contributed by atoms with Crippen molar-refractivity contribution >= 4 is 11.6 Å². The average Bonchev–Trinajstić information content (AvgIpc) is 2.69. The molecule has 1 heterocycles. The van der Waals surface area contributed by atoms with Crippen molar-refractivity contribution in [3.63, 3.8) is 0 Å². The van der Waals surface area contributed by atoms with Crippen molar-refractivity contribution < 1.29 is 9.18 Å². The van der Waals surface area contributed by atoms with Crippen LogP contribution < -0.4 is 10.6 Å². The largest absolute Gasteiger partial charge is 0.325 e. The molecule has 0 saturated heterocycles. The fourth-order valence-electron chi connectivity index (χ4n) is 2.82. The lowest BCUT2D eigenvalue weighted by molar-refractivity contribution is -0.120. The van der Waals surface area contributed by atoms with E-state index >= 15 is 0 Å². The maximum Gasteiger partial charge on any atom is 0.228 e. The first kappa shape index (κ1) is 11.7. The fourth-order valence-corrected chi connectivity index (χ4v) is 2.82. The van der Waals surface area contributed by atoms with Crippen molar-refractivity contribution in [1.82, 2.24) is 0 Å². The summed E-state index contributed by atoms with van der Waals surface area (Å²) in [6.45, 7) is 0.647. The molecule has 0 unspecified atom stereocenters. The van der Waals surface area contributed by atoms with Gasteiger partial charge in [-0.15, -0.1) is 0 Å². The number of nitrogens with zero attached hydrogens (tertiary/aromatic N) is 1. The smallest absolute Gasteiger partial charge is 0.228 e. The Morgan fingerprint density at radius 2 is 2.22 bits per heavy atom. The van der Waals surface area contributed by atoms with E-state index in [9.17, 15) is 9.18 Å². The minimum atomic E-state index is -0.312. The summed E-state index contributed by atoms with van der Waals surface area (Å²) < 4.78 is 13.3. The molecule has 1 amide bonds. The van der Waals surface area contributed by atoms with Gasteiger partial charge in [0, 0.05) is 24.2 Å². The number of nitrogens with two attached hydrogens (primary N) is 1. The van der Waals surface area contributed by atoms with Gasteiger partial charge in [0.25, 0.3) is 0 Å². The number of halogens is 1. The van der Waals surface area contributed by atoms with Gasteiger partial charge in [-0.1, -0.05) is 6.07 Å². The van der Waals surface area contributed by atoms with Crippen LogP contribution in [0.1, 0.15) is 31.2 Å². The molecule has 1 saturated carbocycles. The number of rotatable bonds is 2. The summed E-state index contributed by atoms with van der Waals surface area (Å²) in [4.78, 5) is 13.9. The molecule has 1 aliphatic carbocycles. The molecule has 96 valence electrons. The SMILES string of the molecule is NC1(CC(=O)N2CCc3ccc(F)cc32)CCC1. The second kappa shape index (κ2) is 4.05. The number of benzene rings is 1. The second-order valence-electron chi connectivity index (χ2n) is 5.46. The molecule has 1 aliphatic heterocycles. The monoisotopic (exact) mass is 248 g/mol. The van der Waals surface area contributed by atoms with Crippen LogP contribution in [-0.4, -0.2) is 18.0 Å². The minimum absolute atomic E-state index is 0.0292. The van der Waals surface area contributed by atoms with Gasteiger partial charge < -0.3 is 10.6 Å². The highest BCUT2D eigenvalue weighted by atomic mass is 19.1. The summed E-state index contributed by atoms with van der Waals surface area (Å²) in [7, 11) is 0. The minimum Gasteiger partial charge on any atom is -0.325 e. The van der Waals surface area contributed by atoms with E-state index in [0.717, 1.165) is 36.9 Å². The van der Waals surface area contributed by atoms with Gasteiger partial charge >= 0.3 is 0 Å². The molecule has 2 aliphatic rings. The molecule has 0 aromatic heterocycles. The molecule has 4 heteroatoms. The molecule has 2 N–H and O–H groups in total. The van der Waals surface area contributed by atoms with Gasteiger partial charge in [-0.3, -0.25) is 4.79 Å². The Balaban J connectivity index is 1.79. The average molecular weight is 248 g/mol. The summed E-state index contributed by atoms with van der Waals surface area (Å²) in [6.07, 6.45) is 4.13. The summed E-state index contributed by atoms with van der Waals surface area (Å²) in [5.74, 6) is -0.263. The molecule has 3 nitrogen and oxygen atoms in total. The first-order chi connectivity index (χ1) is 8.57. The summed E-state index contributed by atoms with van der Waals surface area (Å²) in [6, 6.07) is 4.66. The Morgan fingerprint density at radius 3 is 2.89 bits per heavy atom. The maximum absolute atomic E-state index is 13.3. The number of hydrogen-bond donors (Lipinski definition) is 1. The van der Waals surface area contributed by atoms with E-state index in [0.29, 0.717) is 13.0 Å². The molecule has 1 fully saturated rings. The van der Waals surface area contributed by atoms with Crippen molar-refractivity contribution in [3.8, 4) is 0 Å². The normalized spacial score (nSPS) is 20.4. The Morgan fingerprint density at radius 1 is 1.44 bits per heavy atom. The zero-order valence-electron chi connectivity index (χ0n) is 10.3. The van der Waals surface area contributed by atoms with Crippen LogP contribution in [-0.2, 0) is 11.2 Å². The number of anilines is 1. The van der Waals surface area contributed by atoms with Crippen molar-refractivity contribution in [2.24, 2.45) is 5.73 Å². The van der Waals surface area contributed by atoms with E-state index in [1.54, 1.807) is 11.0 Å². The standard InChI is InChI=1S/C14H17FN2O/c15-11-3-2-10-4-7-17(12(10)8-11)13(18)9-14(16)5-1-6-14/h2-3,8H,1,4-7,9,16H2. The first-order valence-corrected chi connectivity index (χ1v) is 6.45. The Kier molecular flexibility index (Phi) is 2.63. The summed E-state index contributed by atoms with van der Waals surface area (Å²) in [5.41, 5.74) is 7.56. The second-order valence-corrected chi connectivity index (χ2v) is 5.46. The molecule has 0 spiro atoms. The number of carbonyl (C=O) groups is 1. The molecule has 3 rings (SSSR count). The quantitative estimate of drug-likeness (QED) is 0.870. The molecular weight excluding hydrogens is 231 g/mol. The maximum atomic E-state index is 13.3. The van der Waals surface area contributed by atoms with E-state index < -0.39 is 0 Å². The van der Waals surface area contributed by atoms with E-state index in [4.69, 9.17) is 5.73 Å². The number of amides is 1. The van der Waals surface area contributed by atoms with E-state index in [2.05, 4.69) is 0 Å². The predicted octanol–water partition coefficient (Wildman–Crippen LogP) is 1.99. The van der Waals surface area contributed by atoms with Gasteiger partial charge in [-0.25, -0.2) is 4.39 Å². The Labute approximate surface area is 106 Å². The number of fused-ring (bicyclic) bond motifs is 1. The van der Waals surface area contributed by atoms with Gasteiger partial charge in [0.1, 0.15) is 5.82 Å². The number of hydrogen-bond acceptors (Lipinski definition) is 2. The van der Waals surface area contributed by atoms with Crippen LogP contribution in [0, 0.1) is 5.82 Å². The highest BCUT2D eigenvalue weighted by Gasteiger charge is 2.37. The molecule has 1 aromatic rings. The lowest BCUT2D eigenvalue weighted by atomic mass is 9.75. The highest BCUT2D eigenvalue weighted by Crippen LogP contribution is 2.35. The molecular formula is C14H17FN2O. The van der Waals surface area contributed by atoms with Gasteiger partial charge in [0.05, 0.1) is 0 Å². The highest BCUT2D eigenvalue weighted by molar-refractivity contribution is 5.96. The van der Waals surface area contributed by atoms with Crippen molar-refractivity contribution in [1.29, 1.82) is 0 Å². The van der Waals surface area contributed by atoms with Crippen LogP contribution in [0.15, 0.2) is 18.2 Å². The van der Waals surface area contributed by atoms with Gasteiger partial charge in [-0.2, -0.15) is 0 Å².